The van der Waals surface area contributed by atoms with Crippen molar-refractivity contribution in [2.24, 2.45) is 0 Å². The normalized spacial score (nSPS) is 14.4. The molecule has 2 aromatic carbocycles. The summed E-state index contributed by atoms with van der Waals surface area (Å²) in [5.41, 5.74) is -0.0496. The number of aromatic nitrogens is 1. The number of benzene rings is 2. The molecule has 0 aliphatic carbocycles. The smallest absolute Gasteiger partial charge is 0.434 e. The molecule has 0 unspecified atom stereocenters. The second kappa shape index (κ2) is 7.91. The summed E-state index contributed by atoms with van der Waals surface area (Å²) in [5.74, 6) is -0.128. The van der Waals surface area contributed by atoms with Crippen LogP contribution in [-0.2, 0) is 22.4 Å². The summed E-state index contributed by atoms with van der Waals surface area (Å²) in [6.45, 7) is -0.137. The number of anilines is 1. The zero-order chi connectivity index (χ0) is 21.3. The zero-order valence-corrected chi connectivity index (χ0v) is 16.3. The number of thiazole rings is 1. The molecule has 0 N–H and O–H groups in total. The number of imide groups is 1. The third kappa shape index (κ3) is 4.06. The fourth-order valence-electron chi connectivity index (χ4n) is 3.10. The van der Waals surface area contributed by atoms with E-state index in [4.69, 9.17) is 4.74 Å². The van der Waals surface area contributed by atoms with Crippen LogP contribution in [0.4, 0.5) is 18.9 Å². The van der Waals surface area contributed by atoms with E-state index < -0.39 is 11.9 Å². The summed E-state index contributed by atoms with van der Waals surface area (Å²) in [7, 11) is 0. The lowest BCUT2D eigenvalue weighted by molar-refractivity contribution is -0.140. The predicted molar refractivity (Wildman–Crippen MR) is 105 cm³/mol. The van der Waals surface area contributed by atoms with Crippen LogP contribution in [0.2, 0.25) is 0 Å². The zero-order valence-electron chi connectivity index (χ0n) is 15.5. The maximum atomic E-state index is 13.4. The fraction of sp³-hybridized carbons (Fsp3) is 0.190. The Morgan fingerprint density at radius 2 is 1.60 bits per heavy atom. The molecule has 1 fully saturated rings. The molecule has 0 radical (unpaired) electrons. The number of carbonyl (C=O) groups is 2. The van der Waals surface area contributed by atoms with Gasteiger partial charge in [0.25, 0.3) is 0 Å². The minimum Gasteiger partial charge on any atom is -0.486 e. The molecule has 3 aromatic rings. The van der Waals surface area contributed by atoms with E-state index in [2.05, 4.69) is 4.98 Å². The van der Waals surface area contributed by atoms with Gasteiger partial charge >= 0.3 is 6.18 Å². The van der Waals surface area contributed by atoms with E-state index in [0.29, 0.717) is 17.0 Å². The highest BCUT2D eigenvalue weighted by Gasteiger charge is 2.38. The quantitative estimate of drug-likeness (QED) is 0.529. The van der Waals surface area contributed by atoms with E-state index in [1.54, 1.807) is 54.6 Å². The molecule has 1 aliphatic heterocycles. The molecule has 154 valence electrons. The molecule has 2 heterocycles. The number of halogens is 3. The SMILES string of the molecule is O=C1CCC(=O)N1c1ccc(OCc2nc(C(F)(F)F)c(-c3ccccc3)s2)cc1. The van der Waals surface area contributed by atoms with Gasteiger partial charge in [-0.2, -0.15) is 13.2 Å². The summed E-state index contributed by atoms with van der Waals surface area (Å²) >= 11 is 0.929. The van der Waals surface area contributed by atoms with Gasteiger partial charge in [-0.1, -0.05) is 30.3 Å². The van der Waals surface area contributed by atoms with Crippen molar-refractivity contribution in [2.75, 3.05) is 4.90 Å². The van der Waals surface area contributed by atoms with Crippen molar-refractivity contribution in [3.63, 3.8) is 0 Å². The van der Waals surface area contributed by atoms with Crippen molar-refractivity contribution in [1.29, 1.82) is 0 Å². The highest BCUT2D eigenvalue weighted by molar-refractivity contribution is 7.15. The van der Waals surface area contributed by atoms with Gasteiger partial charge in [0.1, 0.15) is 17.4 Å². The Bertz CT molecular complexity index is 1060. The number of hydrogen-bond donors (Lipinski definition) is 0. The molecule has 0 saturated carbocycles. The molecule has 0 bridgehead atoms. The molecule has 1 saturated heterocycles. The van der Waals surface area contributed by atoms with Crippen LogP contribution in [0.5, 0.6) is 5.75 Å². The van der Waals surface area contributed by atoms with Crippen molar-refractivity contribution in [3.8, 4) is 16.2 Å². The first-order chi connectivity index (χ1) is 14.3. The van der Waals surface area contributed by atoms with Gasteiger partial charge < -0.3 is 4.74 Å². The Hall–Kier alpha value is -3.20. The summed E-state index contributed by atoms with van der Waals surface area (Å²) in [6, 6.07) is 14.5. The molecule has 1 aliphatic rings. The number of carbonyl (C=O) groups excluding carboxylic acids is 2. The molecular weight excluding hydrogens is 417 g/mol. The van der Waals surface area contributed by atoms with Gasteiger partial charge in [0, 0.05) is 12.8 Å². The van der Waals surface area contributed by atoms with Gasteiger partial charge in [-0.05, 0) is 29.8 Å². The Morgan fingerprint density at radius 3 is 2.20 bits per heavy atom. The number of nitrogens with zero attached hydrogens (tertiary/aromatic N) is 2. The van der Waals surface area contributed by atoms with Crippen molar-refractivity contribution in [3.05, 3.63) is 65.3 Å². The Labute approximate surface area is 173 Å². The van der Waals surface area contributed by atoms with Gasteiger partial charge in [-0.15, -0.1) is 11.3 Å². The van der Waals surface area contributed by atoms with Crippen molar-refractivity contribution >= 4 is 28.8 Å². The first kappa shape index (κ1) is 20.1. The van der Waals surface area contributed by atoms with Crippen molar-refractivity contribution < 1.29 is 27.5 Å². The summed E-state index contributed by atoms with van der Waals surface area (Å²) in [5, 5.41) is 0.190. The number of rotatable bonds is 5. The molecule has 1 aromatic heterocycles. The third-order valence-corrected chi connectivity index (χ3v) is 5.56. The molecule has 2 amide bonds. The van der Waals surface area contributed by atoms with E-state index in [1.165, 1.54) is 0 Å². The Morgan fingerprint density at radius 1 is 0.967 bits per heavy atom. The lowest BCUT2D eigenvalue weighted by Crippen LogP contribution is -2.28. The van der Waals surface area contributed by atoms with E-state index in [0.717, 1.165) is 16.2 Å². The summed E-state index contributed by atoms with van der Waals surface area (Å²) in [4.78, 5) is 28.5. The van der Waals surface area contributed by atoms with Crippen LogP contribution in [0.25, 0.3) is 10.4 Å². The molecule has 4 rings (SSSR count). The topological polar surface area (TPSA) is 59.5 Å². The third-order valence-electron chi connectivity index (χ3n) is 4.48. The van der Waals surface area contributed by atoms with Crippen molar-refractivity contribution in [2.45, 2.75) is 25.6 Å². The minimum atomic E-state index is -4.57. The second-order valence-corrected chi connectivity index (χ2v) is 7.64. The first-order valence-electron chi connectivity index (χ1n) is 9.04. The minimum absolute atomic E-state index is 0.0445. The standard InChI is InChI=1S/C21H15F3N2O3S/c22-21(23,24)20-19(13-4-2-1-3-5-13)30-16(25-20)12-29-15-8-6-14(7-9-15)26-17(27)10-11-18(26)28/h1-9H,10-12H2. The van der Waals surface area contributed by atoms with E-state index in [1.807, 2.05) is 0 Å². The van der Waals surface area contributed by atoms with Crippen LogP contribution < -0.4 is 9.64 Å². The maximum absolute atomic E-state index is 13.4. The van der Waals surface area contributed by atoms with Gasteiger partial charge in [0.2, 0.25) is 11.8 Å². The Kier molecular flexibility index (Phi) is 5.29. The Balaban J connectivity index is 1.51. The average Bonchev–Trinajstić information content (AvgIpc) is 3.31. The molecule has 0 spiro atoms. The van der Waals surface area contributed by atoms with Gasteiger partial charge in [0.15, 0.2) is 5.69 Å². The fourth-order valence-corrected chi connectivity index (χ4v) is 4.11. The van der Waals surface area contributed by atoms with Crippen LogP contribution in [0, 0.1) is 0 Å². The number of amides is 2. The largest absolute Gasteiger partial charge is 0.486 e. The van der Waals surface area contributed by atoms with E-state index in [9.17, 15) is 22.8 Å². The number of ether oxygens (including phenoxy) is 1. The lowest BCUT2D eigenvalue weighted by Gasteiger charge is -2.14. The van der Waals surface area contributed by atoms with Crippen LogP contribution in [0.1, 0.15) is 23.5 Å². The lowest BCUT2D eigenvalue weighted by atomic mass is 10.1. The highest BCUT2D eigenvalue weighted by Crippen LogP contribution is 2.40. The number of alkyl halides is 3. The number of hydrogen-bond acceptors (Lipinski definition) is 5. The molecule has 9 heteroatoms. The van der Waals surface area contributed by atoms with Crippen molar-refractivity contribution in [1.82, 2.24) is 4.98 Å². The second-order valence-electron chi connectivity index (χ2n) is 6.55. The van der Waals surface area contributed by atoms with E-state index >= 15 is 0 Å². The van der Waals surface area contributed by atoms with Crippen LogP contribution >= 0.6 is 11.3 Å². The monoisotopic (exact) mass is 432 g/mol. The first-order valence-corrected chi connectivity index (χ1v) is 9.85. The maximum Gasteiger partial charge on any atom is 0.434 e. The van der Waals surface area contributed by atoms with Gasteiger partial charge in [-0.25, -0.2) is 4.98 Å². The van der Waals surface area contributed by atoms with Crippen LogP contribution in [-0.4, -0.2) is 16.8 Å². The van der Waals surface area contributed by atoms with Gasteiger partial charge in [0.05, 0.1) is 10.6 Å². The predicted octanol–water partition coefficient (Wildman–Crippen LogP) is 5.06. The van der Waals surface area contributed by atoms with Gasteiger partial charge in [-0.3, -0.25) is 14.5 Å². The van der Waals surface area contributed by atoms with E-state index in [-0.39, 0.29) is 41.1 Å². The summed E-state index contributed by atoms with van der Waals surface area (Å²) in [6.07, 6.45) is -4.20. The molecule has 5 nitrogen and oxygen atoms in total. The average molecular weight is 432 g/mol. The van der Waals surface area contributed by atoms with Crippen LogP contribution in [0.15, 0.2) is 54.6 Å². The highest BCUT2D eigenvalue weighted by atomic mass is 32.1. The van der Waals surface area contributed by atoms with Crippen LogP contribution in [0.3, 0.4) is 0 Å². The molecular formula is C21H15F3N2O3S. The summed E-state index contributed by atoms with van der Waals surface area (Å²) < 4.78 is 45.8. The molecule has 30 heavy (non-hydrogen) atoms. The molecule has 0 atom stereocenters.